The van der Waals surface area contributed by atoms with Crippen LogP contribution in [0.15, 0.2) is 35.6 Å². The highest BCUT2D eigenvalue weighted by molar-refractivity contribution is 5.88. The van der Waals surface area contributed by atoms with E-state index in [1.807, 2.05) is 0 Å². The van der Waals surface area contributed by atoms with Gasteiger partial charge in [0.25, 0.3) is 0 Å². The fourth-order valence-electron chi connectivity index (χ4n) is 3.22. The zero-order valence-corrected chi connectivity index (χ0v) is 15.2. The summed E-state index contributed by atoms with van der Waals surface area (Å²) in [5.74, 6) is -5.42. The van der Waals surface area contributed by atoms with Gasteiger partial charge in [-0.25, -0.2) is 13.2 Å². The average molecular weight is 421 g/mol. The van der Waals surface area contributed by atoms with Crippen molar-refractivity contribution in [2.45, 2.75) is 38.3 Å². The summed E-state index contributed by atoms with van der Waals surface area (Å²) in [5, 5.41) is 6.59. The Hall–Kier alpha value is -2.79. The largest absolute Gasteiger partial charge is 0.451 e. The number of alkyl halides is 4. The monoisotopic (exact) mass is 421 g/mol. The summed E-state index contributed by atoms with van der Waals surface area (Å²) in [4.78, 5) is 13.6. The number of rotatable bonds is 3. The molecule has 29 heavy (non-hydrogen) atoms. The third kappa shape index (κ3) is 4.30. The molecule has 3 rings (SSSR count). The molecule has 2 atom stereocenters. The van der Waals surface area contributed by atoms with E-state index in [0.29, 0.717) is 6.08 Å². The predicted molar refractivity (Wildman–Crippen MR) is 88.7 cm³/mol. The van der Waals surface area contributed by atoms with Gasteiger partial charge in [0.15, 0.2) is 17.5 Å². The SMILES string of the molecule is CC1(F)C=C(F)C(F)=CC1C/C(N)=C/C(=O)N1CCn2c(nnc2C(F)(F)F)C1. The number of aromatic nitrogens is 3. The second-order valence-corrected chi connectivity index (χ2v) is 7.04. The number of fused-ring (bicyclic) bond motifs is 1. The summed E-state index contributed by atoms with van der Waals surface area (Å²) in [5.41, 5.74) is 3.49. The van der Waals surface area contributed by atoms with E-state index >= 15 is 0 Å². The van der Waals surface area contributed by atoms with Crippen molar-refractivity contribution in [3.63, 3.8) is 0 Å². The fourth-order valence-corrected chi connectivity index (χ4v) is 3.22. The third-order valence-corrected chi connectivity index (χ3v) is 4.79. The number of hydrogen-bond donors (Lipinski definition) is 1. The smallest absolute Gasteiger partial charge is 0.402 e. The molecule has 2 N–H and O–H groups in total. The molecule has 158 valence electrons. The molecule has 0 saturated heterocycles. The molecular weight excluding hydrogens is 404 g/mol. The highest BCUT2D eigenvalue weighted by Gasteiger charge is 2.40. The van der Waals surface area contributed by atoms with Crippen molar-refractivity contribution in [3.05, 3.63) is 47.2 Å². The summed E-state index contributed by atoms with van der Waals surface area (Å²) in [6, 6.07) is 0. The van der Waals surface area contributed by atoms with Crippen LogP contribution in [0.2, 0.25) is 0 Å². The van der Waals surface area contributed by atoms with Crippen LogP contribution in [0.3, 0.4) is 0 Å². The van der Waals surface area contributed by atoms with Crippen LogP contribution in [-0.4, -0.2) is 37.8 Å². The first kappa shape index (κ1) is 20.9. The van der Waals surface area contributed by atoms with E-state index in [1.54, 1.807) is 0 Å². The topological polar surface area (TPSA) is 77.0 Å². The normalized spacial score (nSPS) is 25.4. The zero-order chi connectivity index (χ0) is 21.6. The molecule has 0 fully saturated rings. The van der Waals surface area contributed by atoms with Crippen LogP contribution in [0.1, 0.15) is 25.0 Å². The molecule has 0 radical (unpaired) electrons. The van der Waals surface area contributed by atoms with Crippen LogP contribution in [0.5, 0.6) is 0 Å². The van der Waals surface area contributed by atoms with E-state index in [0.717, 1.165) is 23.6 Å². The molecule has 0 saturated carbocycles. The van der Waals surface area contributed by atoms with Crippen molar-refractivity contribution < 1.29 is 31.1 Å². The summed E-state index contributed by atoms with van der Waals surface area (Å²) < 4.78 is 80.6. The van der Waals surface area contributed by atoms with Gasteiger partial charge in [-0.15, -0.1) is 10.2 Å². The Morgan fingerprint density at radius 2 is 2.00 bits per heavy atom. The van der Waals surface area contributed by atoms with Crippen molar-refractivity contribution in [2.24, 2.45) is 11.7 Å². The van der Waals surface area contributed by atoms with Crippen molar-refractivity contribution in [2.75, 3.05) is 6.54 Å². The number of halogens is 6. The first-order chi connectivity index (χ1) is 13.4. The third-order valence-electron chi connectivity index (χ3n) is 4.79. The quantitative estimate of drug-likeness (QED) is 0.602. The standard InChI is InChI=1S/C17H17F6N5O/c1-16(20)7-12(19)11(18)5-9(16)4-10(24)6-14(29)27-2-3-28-13(8-27)25-26-15(28)17(21,22)23/h5-7,9H,2-4,8,24H2,1H3/b10-6-. The molecular formula is C17H17F6N5O. The first-order valence-corrected chi connectivity index (χ1v) is 8.57. The summed E-state index contributed by atoms with van der Waals surface area (Å²) in [6.07, 6.45) is -2.64. The molecule has 0 aromatic carbocycles. The molecule has 6 nitrogen and oxygen atoms in total. The maximum Gasteiger partial charge on any atom is 0.451 e. The second kappa shape index (κ2) is 7.23. The van der Waals surface area contributed by atoms with Gasteiger partial charge < -0.3 is 15.2 Å². The number of hydrogen-bond acceptors (Lipinski definition) is 4. The lowest BCUT2D eigenvalue weighted by molar-refractivity contribution is -0.148. The minimum atomic E-state index is -4.66. The first-order valence-electron chi connectivity index (χ1n) is 8.57. The molecule has 12 heteroatoms. The lowest BCUT2D eigenvalue weighted by Crippen LogP contribution is -2.39. The van der Waals surface area contributed by atoms with Gasteiger partial charge in [-0.2, -0.15) is 13.2 Å². The van der Waals surface area contributed by atoms with E-state index in [1.165, 1.54) is 4.90 Å². The maximum atomic E-state index is 14.5. The van der Waals surface area contributed by atoms with Crippen molar-refractivity contribution >= 4 is 5.91 Å². The van der Waals surface area contributed by atoms with E-state index in [2.05, 4.69) is 10.2 Å². The maximum absolute atomic E-state index is 14.5. The molecule has 1 amide bonds. The summed E-state index contributed by atoms with van der Waals surface area (Å²) >= 11 is 0. The van der Waals surface area contributed by atoms with E-state index in [9.17, 15) is 31.1 Å². The Kier molecular flexibility index (Phi) is 5.22. The van der Waals surface area contributed by atoms with Gasteiger partial charge >= 0.3 is 6.18 Å². The molecule has 1 aromatic heterocycles. The van der Waals surface area contributed by atoms with Crippen LogP contribution in [-0.2, 0) is 24.1 Å². The van der Waals surface area contributed by atoms with E-state index in [4.69, 9.17) is 5.73 Å². The highest BCUT2D eigenvalue weighted by Crippen LogP contribution is 2.38. The van der Waals surface area contributed by atoms with E-state index in [-0.39, 0.29) is 37.6 Å². The van der Waals surface area contributed by atoms with Crippen LogP contribution < -0.4 is 5.73 Å². The Bertz CT molecular complexity index is 914. The summed E-state index contributed by atoms with van der Waals surface area (Å²) in [6.45, 7) is 0.659. The van der Waals surface area contributed by atoms with Gasteiger partial charge in [0.1, 0.15) is 5.67 Å². The van der Waals surface area contributed by atoms with Gasteiger partial charge in [0, 0.05) is 30.8 Å². The minimum absolute atomic E-state index is 0.0295. The van der Waals surface area contributed by atoms with Gasteiger partial charge in [-0.1, -0.05) is 0 Å². The van der Waals surface area contributed by atoms with Crippen LogP contribution in [0.25, 0.3) is 0 Å². The molecule has 1 aromatic rings. The summed E-state index contributed by atoms with van der Waals surface area (Å²) in [7, 11) is 0. The number of carbonyl (C=O) groups excluding carboxylic acids is 1. The fraction of sp³-hybridized carbons (Fsp3) is 0.471. The van der Waals surface area contributed by atoms with Crippen molar-refractivity contribution in [3.8, 4) is 0 Å². The molecule has 1 aliphatic carbocycles. The van der Waals surface area contributed by atoms with Crippen LogP contribution in [0, 0.1) is 5.92 Å². The van der Waals surface area contributed by atoms with Crippen LogP contribution >= 0.6 is 0 Å². The average Bonchev–Trinajstić information content (AvgIpc) is 3.02. The molecule has 2 heterocycles. The molecule has 2 unspecified atom stereocenters. The van der Waals surface area contributed by atoms with Gasteiger partial charge in [0.2, 0.25) is 11.7 Å². The van der Waals surface area contributed by atoms with Crippen molar-refractivity contribution in [1.29, 1.82) is 0 Å². The zero-order valence-electron chi connectivity index (χ0n) is 15.2. The van der Waals surface area contributed by atoms with Gasteiger partial charge in [-0.05, 0) is 25.5 Å². The Balaban J connectivity index is 1.69. The van der Waals surface area contributed by atoms with Gasteiger partial charge in [-0.3, -0.25) is 4.79 Å². The number of nitrogens with two attached hydrogens (primary N) is 1. The Morgan fingerprint density at radius 1 is 1.31 bits per heavy atom. The lowest BCUT2D eigenvalue weighted by atomic mass is 9.83. The lowest BCUT2D eigenvalue weighted by Gasteiger charge is -2.29. The number of nitrogens with zero attached hydrogens (tertiary/aromatic N) is 4. The minimum Gasteiger partial charge on any atom is -0.402 e. The number of carbonyl (C=O) groups is 1. The van der Waals surface area contributed by atoms with Gasteiger partial charge in [0.05, 0.1) is 6.54 Å². The molecule has 1 aliphatic heterocycles. The molecule has 0 bridgehead atoms. The predicted octanol–water partition coefficient (Wildman–Crippen LogP) is 2.94. The molecule has 2 aliphatic rings. The number of allylic oxidation sites excluding steroid dienone is 5. The van der Waals surface area contributed by atoms with E-state index < -0.39 is 41.1 Å². The Labute approximate surface area is 161 Å². The van der Waals surface area contributed by atoms with Crippen molar-refractivity contribution in [1.82, 2.24) is 19.7 Å². The Morgan fingerprint density at radius 3 is 2.66 bits per heavy atom. The molecule has 0 spiro atoms. The van der Waals surface area contributed by atoms with Crippen LogP contribution in [0.4, 0.5) is 26.3 Å². The second-order valence-electron chi connectivity index (χ2n) is 7.04. The number of amides is 1. The highest BCUT2D eigenvalue weighted by atomic mass is 19.4.